The third-order valence-corrected chi connectivity index (χ3v) is 4.46. The Morgan fingerprint density at radius 2 is 1.92 bits per heavy atom. The average Bonchev–Trinajstić information content (AvgIpc) is 2.92. The molecule has 2 aromatic rings. The minimum absolute atomic E-state index is 0.231. The lowest BCUT2D eigenvalue weighted by atomic mass is 10.2. The molecule has 25 heavy (non-hydrogen) atoms. The highest BCUT2D eigenvalue weighted by molar-refractivity contribution is 5.89. The van der Waals surface area contributed by atoms with Crippen molar-refractivity contribution in [3.8, 4) is 0 Å². The van der Waals surface area contributed by atoms with Gasteiger partial charge in [-0.2, -0.15) is 0 Å². The number of aromatic nitrogens is 2. The van der Waals surface area contributed by atoms with Crippen molar-refractivity contribution in [1.29, 1.82) is 0 Å². The van der Waals surface area contributed by atoms with Gasteiger partial charge < -0.3 is 15.5 Å². The fourth-order valence-corrected chi connectivity index (χ4v) is 2.97. The molecule has 0 aromatic carbocycles. The molecule has 3 rings (SSSR count). The first-order valence-electron chi connectivity index (χ1n) is 8.88. The van der Waals surface area contributed by atoms with Gasteiger partial charge in [-0.1, -0.05) is 18.9 Å². The molecule has 6 heteroatoms. The van der Waals surface area contributed by atoms with E-state index in [0.717, 1.165) is 35.7 Å². The Hall–Kier alpha value is -2.63. The number of carbonyl (C=O) groups is 1. The predicted octanol–water partition coefficient (Wildman–Crippen LogP) is 3.49. The second kappa shape index (κ2) is 8.46. The van der Waals surface area contributed by atoms with E-state index in [9.17, 15) is 4.79 Å². The second-order valence-electron chi connectivity index (χ2n) is 6.42. The molecule has 1 aliphatic heterocycles. The molecule has 0 spiro atoms. The Morgan fingerprint density at radius 1 is 1.12 bits per heavy atom. The fraction of sp³-hybridized carbons (Fsp3) is 0.421. The number of nitrogens with zero attached hydrogens (tertiary/aromatic N) is 3. The summed E-state index contributed by atoms with van der Waals surface area (Å²) in [6.45, 7) is 4.52. The van der Waals surface area contributed by atoms with E-state index in [4.69, 9.17) is 0 Å². The zero-order chi connectivity index (χ0) is 17.5. The van der Waals surface area contributed by atoms with Gasteiger partial charge in [0, 0.05) is 43.9 Å². The normalized spacial score (nSPS) is 14.7. The summed E-state index contributed by atoms with van der Waals surface area (Å²) in [6, 6.07) is 5.64. The summed E-state index contributed by atoms with van der Waals surface area (Å²) in [5, 5.41) is 5.69. The Morgan fingerprint density at radius 3 is 2.60 bits per heavy atom. The first kappa shape index (κ1) is 17.2. The maximum atomic E-state index is 12.0. The molecule has 0 radical (unpaired) electrons. The maximum Gasteiger partial charge on any atom is 0.319 e. The van der Waals surface area contributed by atoms with Crippen LogP contribution >= 0.6 is 0 Å². The molecule has 2 amide bonds. The van der Waals surface area contributed by atoms with Gasteiger partial charge in [0.1, 0.15) is 5.82 Å². The summed E-state index contributed by atoms with van der Waals surface area (Å²) >= 11 is 0. The van der Waals surface area contributed by atoms with Gasteiger partial charge in [0.15, 0.2) is 0 Å². The van der Waals surface area contributed by atoms with Crippen molar-refractivity contribution < 1.29 is 4.79 Å². The number of hydrogen-bond acceptors (Lipinski definition) is 4. The topological polar surface area (TPSA) is 70.2 Å². The minimum atomic E-state index is -0.231. The molecule has 6 nitrogen and oxygen atoms in total. The summed E-state index contributed by atoms with van der Waals surface area (Å²) in [4.78, 5) is 22.9. The van der Waals surface area contributed by atoms with Gasteiger partial charge in [-0.25, -0.2) is 9.78 Å². The van der Waals surface area contributed by atoms with Crippen LogP contribution in [-0.2, 0) is 6.54 Å². The van der Waals surface area contributed by atoms with Crippen LogP contribution in [0.1, 0.15) is 36.8 Å². The molecule has 3 heterocycles. The molecule has 0 aliphatic carbocycles. The predicted molar refractivity (Wildman–Crippen MR) is 99.8 cm³/mol. The molecule has 132 valence electrons. The molecule has 0 atom stereocenters. The smallest absolute Gasteiger partial charge is 0.319 e. The summed E-state index contributed by atoms with van der Waals surface area (Å²) in [5.74, 6) is 1.03. The van der Waals surface area contributed by atoms with Gasteiger partial charge in [-0.3, -0.25) is 4.98 Å². The van der Waals surface area contributed by atoms with Gasteiger partial charge in [0.05, 0.1) is 0 Å². The molecule has 0 unspecified atom stereocenters. The Kier molecular flexibility index (Phi) is 5.82. The average molecular weight is 339 g/mol. The van der Waals surface area contributed by atoms with E-state index in [0.29, 0.717) is 6.54 Å². The van der Waals surface area contributed by atoms with Crippen LogP contribution < -0.4 is 15.5 Å². The summed E-state index contributed by atoms with van der Waals surface area (Å²) in [6.07, 6.45) is 10.3. The zero-order valence-electron chi connectivity index (χ0n) is 14.7. The summed E-state index contributed by atoms with van der Waals surface area (Å²) < 4.78 is 0. The van der Waals surface area contributed by atoms with Gasteiger partial charge >= 0.3 is 6.03 Å². The molecular weight excluding hydrogens is 314 g/mol. The Labute approximate surface area is 148 Å². The summed E-state index contributed by atoms with van der Waals surface area (Å²) in [5.41, 5.74) is 2.68. The number of carbonyl (C=O) groups excluding carboxylic acids is 1. The van der Waals surface area contributed by atoms with Crippen molar-refractivity contribution in [1.82, 2.24) is 15.3 Å². The second-order valence-corrected chi connectivity index (χ2v) is 6.42. The lowest BCUT2D eigenvalue weighted by molar-refractivity contribution is 0.251. The highest BCUT2D eigenvalue weighted by Gasteiger charge is 2.11. The quantitative estimate of drug-likeness (QED) is 0.894. The van der Waals surface area contributed by atoms with Crippen LogP contribution in [0, 0.1) is 6.92 Å². The van der Waals surface area contributed by atoms with E-state index >= 15 is 0 Å². The van der Waals surface area contributed by atoms with Gasteiger partial charge in [-0.05, 0) is 43.0 Å². The largest absolute Gasteiger partial charge is 0.357 e. The number of hydrogen-bond donors (Lipinski definition) is 2. The van der Waals surface area contributed by atoms with E-state index in [-0.39, 0.29) is 6.03 Å². The van der Waals surface area contributed by atoms with Gasteiger partial charge in [0.25, 0.3) is 0 Å². The van der Waals surface area contributed by atoms with Crippen LogP contribution in [0.4, 0.5) is 16.3 Å². The SMILES string of the molecule is Cc1cnccc1NC(=O)NCc1ccc(N2CCCCCC2)nc1. The number of aryl methyl sites for hydroxylation is 1. The Bertz CT molecular complexity index is 693. The minimum Gasteiger partial charge on any atom is -0.357 e. The van der Waals surface area contributed by atoms with Crippen LogP contribution in [0.3, 0.4) is 0 Å². The van der Waals surface area contributed by atoms with Crippen LogP contribution in [0.5, 0.6) is 0 Å². The molecular formula is C19H25N5O. The molecule has 1 saturated heterocycles. The highest BCUT2D eigenvalue weighted by atomic mass is 16.2. The fourth-order valence-electron chi connectivity index (χ4n) is 2.97. The third-order valence-electron chi connectivity index (χ3n) is 4.46. The van der Waals surface area contributed by atoms with Crippen LogP contribution in [-0.4, -0.2) is 29.1 Å². The number of nitrogens with one attached hydrogen (secondary N) is 2. The first-order chi connectivity index (χ1) is 12.2. The number of amides is 2. The molecule has 2 N–H and O–H groups in total. The van der Waals surface area contributed by atoms with Gasteiger partial charge in [-0.15, -0.1) is 0 Å². The molecule has 0 bridgehead atoms. The van der Waals surface area contributed by atoms with Crippen LogP contribution in [0.25, 0.3) is 0 Å². The number of pyridine rings is 2. The van der Waals surface area contributed by atoms with E-state index in [1.807, 2.05) is 25.3 Å². The summed E-state index contributed by atoms with van der Waals surface area (Å²) in [7, 11) is 0. The van der Waals surface area contributed by atoms with Crippen molar-refractivity contribution in [3.05, 3.63) is 47.9 Å². The maximum absolute atomic E-state index is 12.0. The van der Waals surface area contributed by atoms with Crippen LogP contribution in [0.15, 0.2) is 36.8 Å². The highest BCUT2D eigenvalue weighted by Crippen LogP contribution is 2.17. The lowest BCUT2D eigenvalue weighted by Gasteiger charge is -2.21. The number of rotatable bonds is 4. The molecule has 0 saturated carbocycles. The molecule has 1 aliphatic rings. The van der Waals surface area contributed by atoms with Crippen LogP contribution in [0.2, 0.25) is 0 Å². The van der Waals surface area contributed by atoms with Crippen molar-refractivity contribution in [2.75, 3.05) is 23.3 Å². The van der Waals surface area contributed by atoms with E-state index in [2.05, 4.69) is 25.5 Å². The van der Waals surface area contributed by atoms with Gasteiger partial charge in [0.2, 0.25) is 0 Å². The van der Waals surface area contributed by atoms with E-state index < -0.39 is 0 Å². The van der Waals surface area contributed by atoms with Crippen molar-refractivity contribution >= 4 is 17.5 Å². The Balaban J connectivity index is 1.51. The monoisotopic (exact) mass is 339 g/mol. The molecule has 1 fully saturated rings. The first-order valence-corrected chi connectivity index (χ1v) is 8.88. The third kappa shape index (κ3) is 4.92. The molecule has 2 aromatic heterocycles. The standard InChI is InChI=1S/C19H25N5O/c1-15-12-20-9-8-17(15)23-19(25)22-14-16-6-7-18(21-13-16)24-10-4-2-3-5-11-24/h6-9,12-13H,2-5,10-11,14H2,1H3,(H2,20,22,23,25). The number of anilines is 2. The van der Waals surface area contributed by atoms with Crippen molar-refractivity contribution in [3.63, 3.8) is 0 Å². The van der Waals surface area contributed by atoms with E-state index in [1.165, 1.54) is 25.7 Å². The number of urea groups is 1. The van der Waals surface area contributed by atoms with Crippen molar-refractivity contribution in [2.24, 2.45) is 0 Å². The lowest BCUT2D eigenvalue weighted by Crippen LogP contribution is -2.28. The zero-order valence-corrected chi connectivity index (χ0v) is 14.7. The van der Waals surface area contributed by atoms with E-state index in [1.54, 1.807) is 18.5 Å². The van der Waals surface area contributed by atoms with Crippen molar-refractivity contribution in [2.45, 2.75) is 39.2 Å².